The van der Waals surface area contributed by atoms with Crippen molar-refractivity contribution in [3.8, 4) is 6.07 Å². The number of carbonyl (C=O) groups excluding carboxylic acids is 1. The van der Waals surface area contributed by atoms with E-state index in [1.165, 1.54) is 0 Å². The maximum atomic E-state index is 12.7. The van der Waals surface area contributed by atoms with E-state index in [1.807, 2.05) is 17.2 Å². The number of nitriles is 1. The zero-order chi connectivity index (χ0) is 21.8. The van der Waals surface area contributed by atoms with Crippen LogP contribution in [0.4, 0.5) is 16.5 Å². The molecule has 10 nitrogen and oxygen atoms in total. The van der Waals surface area contributed by atoms with Gasteiger partial charge in [-0.05, 0) is 43.6 Å². The Kier molecular flexibility index (Phi) is 4.31. The minimum Gasteiger partial charge on any atom is -0.370 e. The van der Waals surface area contributed by atoms with E-state index in [9.17, 15) is 10.1 Å². The van der Waals surface area contributed by atoms with Crippen LogP contribution in [0.3, 0.4) is 0 Å². The van der Waals surface area contributed by atoms with Crippen molar-refractivity contribution < 1.29 is 9.32 Å². The molecule has 1 unspecified atom stereocenters. The molecule has 0 bridgehead atoms. The summed E-state index contributed by atoms with van der Waals surface area (Å²) in [4.78, 5) is 28.6. The van der Waals surface area contributed by atoms with Crippen molar-refractivity contribution in [2.75, 3.05) is 30.4 Å². The average molecular weight is 432 g/mol. The molecular weight excluding hydrogens is 408 g/mol. The number of rotatable bonds is 4. The monoisotopic (exact) mass is 432 g/mol. The number of aromatic nitrogens is 4. The van der Waals surface area contributed by atoms with E-state index in [2.05, 4.69) is 43.4 Å². The first kappa shape index (κ1) is 19.1. The summed E-state index contributed by atoms with van der Waals surface area (Å²) in [6, 6.07) is 4.59. The molecule has 4 heterocycles. The molecule has 164 valence electrons. The first-order valence-electron chi connectivity index (χ1n) is 11.1. The van der Waals surface area contributed by atoms with Gasteiger partial charge in [-0.3, -0.25) is 5.32 Å². The highest BCUT2D eigenvalue weighted by Gasteiger charge is 2.44. The van der Waals surface area contributed by atoms with Crippen LogP contribution in [0.15, 0.2) is 23.0 Å². The number of amides is 2. The van der Waals surface area contributed by atoms with E-state index in [1.54, 1.807) is 6.20 Å². The molecule has 3 atom stereocenters. The molecule has 3 aromatic rings. The number of likely N-dealkylation sites (tertiary alicyclic amines) is 1. The Labute approximate surface area is 184 Å². The normalized spacial score (nSPS) is 24.5. The number of nitrogens with one attached hydrogen (secondary N) is 2. The van der Waals surface area contributed by atoms with Gasteiger partial charge in [0, 0.05) is 49.9 Å². The molecule has 3 aliphatic rings. The van der Waals surface area contributed by atoms with E-state index >= 15 is 0 Å². The lowest BCUT2D eigenvalue weighted by molar-refractivity contribution is 0.217. The molecule has 2 amide bonds. The second-order valence-corrected chi connectivity index (χ2v) is 9.20. The van der Waals surface area contributed by atoms with Gasteiger partial charge in [-0.1, -0.05) is 5.16 Å². The molecule has 0 radical (unpaired) electrons. The zero-order valence-corrected chi connectivity index (χ0v) is 17.8. The SMILES string of the molecule is CN(c1c(C#N)cnc2[nH]ccc12)[C@@H]1CC2CN(C(=O)Nc3nc(C4CC4)no3)C[C@H]2C1. The largest absolute Gasteiger partial charge is 0.370 e. The molecule has 0 spiro atoms. The van der Waals surface area contributed by atoms with Crippen molar-refractivity contribution in [3.05, 3.63) is 29.8 Å². The van der Waals surface area contributed by atoms with E-state index in [0.717, 1.165) is 42.4 Å². The summed E-state index contributed by atoms with van der Waals surface area (Å²) in [5.74, 6) is 1.95. The van der Waals surface area contributed by atoms with Gasteiger partial charge < -0.3 is 19.3 Å². The molecule has 1 saturated heterocycles. The number of nitrogens with zero attached hydrogens (tertiary/aromatic N) is 6. The van der Waals surface area contributed by atoms with E-state index < -0.39 is 0 Å². The van der Waals surface area contributed by atoms with Crippen molar-refractivity contribution >= 4 is 28.8 Å². The van der Waals surface area contributed by atoms with Crippen LogP contribution >= 0.6 is 0 Å². The fourth-order valence-corrected chi connectivity index (χ4v) is 5.35. The number of H-pyrrole nitrogens is 1. The number of pyridine rings is 1. The quantitative estimate of drug-likeness (QED) is 0.648. The van der Waals surface area contributed by atoms with E-state index in [0.29, 0.717) is 48.3 Å². The number of anilines is 2. The zero-order valence-electron chi connectivity index (χ0n) is 17.8. The summed E-state index contributed by atoms with van der Waals surface area (Å²) in [5.41, 5.74) is 2.31. The van der Waals surface area contributed by atoms with Gasteiger partial charge in [0.25, 0.3) is 0 Å². The number of fused-ring (bicyclic) bond motifs is 2. The molecule has 2 aliphatic carbocycles. The van der Waals surface area contributed by atoms with Gasteiger partial charge in [-0.15, -0.1) is 0 Å². The molecule has 0 aromatic carbocycles. The Morgan fingerprint density at radius 1 is 1.34 bits per heavy atom. The van der Waals surface area contributed by atoms with Crippen LogP contribution in [0.5, 0.6) is 0 Å². The summed E-state index contributed by atoms with van der Waals surface area (Å²) in [7, 11) is 2.06. The summed E-state index contributed by atoms with van der Waals surface area (Å²) in [6.45, 7) is 1.43. The lowest BCUT2D eigenvalue weighted by atomic mass is 10.0. The minimum absolute atomic E-state index is 0.176. The summed E-state index contributed by atoms with van der Waals surface area (Å²) in [6.07, 6.45) is 7.63. The lowest BCUT2D eigenvalue weighted by Gasteiger charge is -2.29. The van der Waals surface area contributed by atoms with E-state index in [4.69, 9.17) is 4.52 Å². The van der Waals surface area contributed by atoms with Gasteiger partial charge in [-0.25, -0.2) is 9.78 Å². The number of carbonyl (C=O) groups is 1. The third-order valence-electron chi connectivity index (χ3n) is 7.19. The molecule has 10 heteroatoms. The van der Waals surface area contributed by atoms with Crippen LogP contribution < -0.4 is 10.2 Å². The average Bonchev–Trinajstić information content (AvgIpc) is 3.17. The number of hydrogen-bond acceptors (Lipinski definition) is 7. The summed E-state index contributed by atoms with van der Waals surface area (Å²) in [5, 5.41) is 17.3. The summed E-state index contributed by atoms with van der Waals surface area (Å²) < 4.78 is 5.18. The molecule has 3 aromatic heterocycles. The lowest BCUT2D eigenvalue weighted by Crippen LogP contribution is -2.36. The van der Waals surface area contributed by atoms with Crippen molar-refractivity contribution in [2.24, 2.45) is 11.8 Å². The Hall–Kier alpha value is -3.61. The van der Waals surface area contributed by atoms with Crippen LogP contribution in [0.1, 0.15) is 43.0 Å². The van der Waals surface area contributed by atoms with Crippen molar-refractivity contribution in [1.29, 1.82) is 5.26 Å². The maximum Gasteiger partial charge on any atom is 0.329 e. The number of urea groups is 1. The molecule has 1 aliphatic heterocycles. The molecule has 6 rings (SSSR count). The van der Waals surface area contributed by atoms with Crippen molar-refractivity contribution in [1.82, 2.24) is 25.0 Å². The van der Waals surface area contributed by atoms with Gasteiger partial charge in [0.05, 0.1) is 11.3 Å². The van der Waals surface area contributed by atoms with Gasteiger partial charge in [0.1, 0.15) is 11.7 Å². The topological polar surface area (TPSA) is 127 Å². The predicted octanol–water partition coefficient (Wildman–Crippen LogP) is 3.07. The Morgan fingerprint density at radius 2 is 2.12 bits per heavy atom. The Bertz CT molecular complexity index is 1210. The fourth-order valence-electron chi connectivity index (χ4n) is 5.35. The van der Waals surface area contributed by atoms with Crippen molar-refractivity contribution in [3.63, 3.8) is 0 Å². The molecule has 3 fully saturated rings. The van der Waals surface area contributed by atoms with E-state index in [-0.39, 0.29) is 12.0 Å². The van der Waals surface area contributed by atoms with Crippen LogP contribution in [0, 0.1) is 23.2 Å². The molecule has 2 saturated carbocycles. The highest BCUT2D eigenvalue weighted by molar-refractivity contribution is 5.93. The minimum atomic E-state index is -0.176. The number of hydrogen-bond donors (Lipinski definition) is 2. The highest BCUT2D eigenvalue weighted by atomic mass is 16.5. The smallest absolute Gasteiger partial charge is 0.329 e. The van der Waals surface area contributed by atoms with Gasteiger partial charge in [0.2, 0.25) is 0 Å². The Balaban J connectivity index is 1.12. The van der Waals surface area contributed by atoms with Crippen LogP contribution in [0.25, 0.3) is 11.0 Å². The van der Waals surface area contributed by atoms with Crippen LogP contribution in [0.2, 0.25) is 0 Å². The van der Waals surface area contributed by atoms with Gasteiger partial charge in [-0.2, -0.15) is 10.2 Å². The van der Waals surface area contributed by atoms with Crippen molar-refractivity contribution in [2.45, 2.75) is 37.6 Å². The predicted molar refractivity (Wildman–Crippen MR) is 116 cm³/mol. The third kappa shape index (κ3) is 3.16. The molecule has 32 heavy (non-hydrogen) atoms. The van der Waals surface area contributed by atoms with Crippen LogP contribution in [-0.2, 0) is 0 Å². The molecular formula is C22H24N8O2. The highest BCUT2D eigenvalue weighted by Crippen LogP contribution is 2.43. The molecule has 2 N–H and O–H groups in total. The Morgan fingerprint density at radius 3 is 2.84 bits per heavy atom. The standard InChI is InChI=1S/C22H24N8O2/c1-29(18-15(8-23)9-25-20-17(18)4-5-24-20)16-6-13-10-30(11-14(13)7-16)22(31)27-21-26-19(28-32-21)12-2-3-12/h4-5,9,12-14,16H,2-3,6-7,10-11H2,1H3,(H,24,25)(H,26,27,28,31)/t13-,14?,16+/m1/s1. The third-order valence-corrected chi connectivity index (χ3v) is 7.19. The van der Waals surface area contributed by atoms with Gasteiger partial charge in [0.15, 0.2) is 5.82 Å². The summed E-state index contributed by atoms with van der Waals surface area (Å²) >= 11 is 0. The maximum absolute atomic E-state index is 12.7. The van der Waals surface area contributed by atoms with Gasteiger partial charge >= 0.3 is 12.0 Å². The van der Waals surface area contributed by atoms with Crippen LogP contribution in [-0.4, -0.2) is 57.2 Å². The second-order valence-electron chi connectivity index (χ2n) is 9.20. The first-order valence-corrected chi connectivity index (χ1v) is 11.1. The first-order chi connectivity index (χ1) is 15.6. The fraction of sp³-hybridized carbons (Fsp3) is 0.500. The number of aromatic amines is 1. The second kappa shape index (κ2) is 7.22.